The highest BCUT2D eigenvalue weighted by atomic mass is 16.6. The fraction of sp³-hybridized carbons (Fsp3) is 0.887. The summed E-state index contributed by atoms with van der Waals surface area (Å²) in [6.07, 6.45) is 57.5. The Bertz CT molecular complexity index is 882. The molecule has 0 saturated carbocycles. The van der Waals surface area contributed by atoms with Gasteiger partial charge in [0.1, 0.15) is 6.61 Å². The summed E-state index contributed by atoms with van der Waals surface area (Å²) in [4.78, 5) is 25.3. The van der Waals surface area contributed by atoms with Crippen molar-refractivity contribution in [1.29, 1.82) is 0 Å². The molecular weight excluding hydrogens is 717 g/mol. The number of unbranched alkanes of at least 4 members (excludes halogenated alkanes) is 33. The van der Waals surface area contributed by atoms with E-state index in [0.29, 0.717) is 26.1 Å². The van der Waals surface area contributed by atoms with Crippen molar-refractivity contribution < 1.29 is 23.8 Å². The number of esters is 2. The molecule has 0 rings (SSSR count). The minimum atomic E-state index is -0.533. The largest absolute Gasteiger partial charge is 0.462 e. The minimum Gasteiger partial charge on any atom is -0.462 e. The Morgan fingerprint density at radius 3 is 1.07 bits per heavy atom. The van der Waals surface area contributed by atoms with Gasteiger partial charge in [-0.1, -0.05) is 218 Å². The van der Waals surface area contributed by atoms with Gasteiger partial charge in [-0.2, -0.15) is 0 Å². The zero-order chi connectivity index (χ0) is 42.1. The first-order valence-corrected chi connectivity index (χ1v) is 25.9. The van der Waals surface area contributed by atoms with E-state index >= 15 is 0 Å². The number of allylic oxidation sites excluding steroid dienone is 4. The first-order chi connectivity index (χ1) is 28.6. The molecule has 0 amide bonds. The summed E-state index contributed by atoms with van der Waals surface area (Å²) in [5.41, 5.74) is 0. The standard InChI is InChI=1S/C53H100O5/c1-4-7-10-13-16-19-22-24-25-26-27-28-29-31-32-34-37-40-43-46-52(54)57-50-51(49-56-48-45-42-39-36-21-18-15-12-9-6-3)58-53(55)47-44-41-38-35-33-30-23-20-17-14-11-8-5-2/h20,23-25,51H,4-19,21-22,26-50H2,1-3H3/b23-20-,25-24-. The number of hydrogen-bond donors (Lipinski definition) is 0. The van der Waals surface area contributed by atoms with Crippen molar-refractivity contribution in [3.05, 3.63) is 24.3 Å². The second kappa shape index (κ2) is 49.7. The third-order valence-electron chi connectivity index (χ3n) is 11.5. The average molecular weight is 817 g/mol. The van der Waals surface area contributed by atoms with Crippen LogP contribution in [0.3, 0.4) is 0 Å². The molecule has 1 unspecified atom stereocenters. The Hall–Kier alpha value is -1.62. The van der Waals surface area contributed by atoms with Gasteiger partial charge in [0, 0.05) is 19.4 Å². The highest BCUT2D eigenvalue weighted by Crippen LogP contribution is 2.15. The van der Waals surface area contributed by atoms with Crippen LogP contribution in [-0.2, 0) is 23.8 Å². The number of rotatable bonds is 48. The molecule has 0 spiro atoms. The highest BCUT2D eigenvalue weighted by Gasteiger charge is 2.17. The molecule has 0 aromatic rings. The molecule has 0 saturated heterocycles. The summed E-state index contributed by atoms with van der Waals surface area (Å²) in [6.45, 7) is 7.84. The molecule has 58 heavy (non-hydrogen) atoms. The third kappa shape index (κ3) is 47.1. The fourth-order valence-electron chi connectivity index (χ4n) is 7.56. The Labute approximate surface area is 362 Å². The van der Waals surface area contributed by atoms with Crippen LogP contribution in [0.1, 0.15) is 278 Å². The van der Waals surface area contributed by atoms with Crippen molar-refractivity contribution in [2.45, 2.75) is 284 Å². The van der Waals surface area contributed by atoms with Gasteiger partial charge in [-0.3, -0.25) is 9.59 Å². The van der Waals surface area contributed by atoms with E-state index in [1.165, 1.54) is 199 Å². The van der Waals surface area contributed by atoms with E-state index in [2.05, 4.69) is 45.1 Å². The summed E-state index contributed by atoms with van der Waals surface area (Å²) < 4.78 is 17.4. The van der Waals surface area contributed by atoms with E-state index in [4.69, 9.17) is 14.2 Å². The monoisotopic (exact) mass is 817 g/mol. The van der Waals surface area contributed by atoms with Gasteiger partial charge in [0.2, 0.25) is 0 Å². The number of carbonyl (C=O) groups is 2. The van der Waals surface area contributed by atoms with Crippen LogP contribution in [-0.4, -0.2) is 37.9 Å². The molecule has 0 heterocycles. The first kappa shape index (κ1) is 56.4. The molecule has 0 aliphatic carbocycles. The smallest absolute Gasteiger partial charge is 0.306 e. The Morgan fingerprint density at radius 1 is 0.362 bits per heavy atom. The minimum absolute atomic E-state index is 0.0869. The van der Waals surface area contributed by atoms with Gasteiger partial charge in [-0.25, -0.2) is 0 Å². The SMILES string of the molecule is CCCCCC/C=C\CCCCCCCC(=O)OC(COCCCCCCCCCCCC)COC(=O)CCCCCCCCCCC/C=C\CCCCCCCC. The van der Waals surface area contributed by atoms with Crippen molar-refractivity contribution >= 4 is 11.9 Å². The lowest BCUT2D eigenvalue weighted by molar-refractivity contribution is -0.163. The maximum Gasteiger partial charge on any atom is 0.306 e. The molecule has 0 radical (unpaired) electrons. The molecule has 5 heteroatoms. The summed E-state index contributed by atoms with van der Waals surface area (Å²) in [5.74, 6) is -0.395. The van der Waals surface area contributed by atoms with Crippen LogP contribution in [0.4, 0.5) is 0 Å². The van der Waals surface area contributed by atoms with Gasteiger partial charge < -0.3 is 14.2 Å². The average Bonchev–Trinajstić information content (AvgIpc) is 3.22. The second-order valence-electron chi connectivity index (χ2n) is 17.4. The van der Waals surface area contributed by atoms with E-state index in [-0.39, 0.29) is 18.5 Å². The van der Waals surface area contributed by atoms with Gasteiger partial charge in [0.25, 0.3) is 0 Å². The Morgan fingerprint density at radius 2 is 0.672 bits per heavy atom. The maximum absolute atomic E-state index is 12.7. The van der Waals surface area contributed by atoms with Crippen LogP contribution in [0.15, 0.2) is 24.3 Å². The van der Waals surface area contributed by atoms with Gasteiger partial charge in [0.15, 0.2) is 6.10 Å². The predicted octanol–water partition coefficient (Wildman–Crippen LogP) is 17.2. The predicted molar refractivity (Wildman–Crippen MR) is 252 cm³/mol. The summed E-state index contributed by atoms with van der Waals surface area (Å²) in [6, 6.07) is 0. The number of ether oxygens (including phenoxy) is 3. The normalized spacial score (nSPS) is 12.3. The van der Waals surface area contributed by atoms with Crippen LogP contribution >= 0.6 is 0 Å². The Balaban J connectivity index is 4.16. The van der Waals surface area contributed by atoms with E-state index in [1.807, 2.05) is 0 Å². The van der Waals surface area contributed by atoms with Crippen molar-refractivity contribution in [1.82, 2.24) is 0 Å². The van der Waals surface area contributed by atoms with Crippen molar-refractivity contribution in [3.8, 4) is 0 Å². The zero-order valence-electron chi connectivity index (χ0n) is 39.3. The first-order valence-electron chi connectivity index (χ1n) is 25.9. The van der Waals surface area contributed by atoms with Gasteiger partial charge in [0.05, 0.1) is 6.61 Å². The lowest BCUT2D eigenvalue weighted by Crippen LogP contribution is -2.30. The molecule has 0 aliphatic rings. The summed E-state index contributed by atoms with van der Waals surface area (Å²) in [7, 11) is 0. The van der Waals surface area contributed by atoms with Gasteiger partial charge in [-0.05, 0) is 70.6 Å². The second-order valence-corrected chi connectivity index (χ2v) is 17.4. The summed E-state index contributed by atoms with van der Waals surface area (Å²) >= 11 is 0. The van der Waals surface area contributed by atoms with E-state index in [9.17, 15) is 9.59 Å². The van der Waals surface area contributed by atoms with Crippen molar-refractivity contribution in [3.63, 3.8) is 0 Å². The zero-order valence-corrected chi connectivity index (χ0v) is 39.3. The molecule has 0 aliphatic heterocycles. The van der Waals surface area contributed by atoms with Gasteiger partial charge in [-0.15, -0.1) is 0 Å². The Kier molecular flexibility index (Phi) is 48.4. The summed E-state index contributed by atoms with van der Waals surface area (Å²) in [5, 5.41) is 0. The molecule has 0 bridgehead atoms. The molecule has 1 atom stereocenters. The van der Waals surface area contributed by atoms with Crippen LogP contribution in [0, 0.1) is 0 Å². The van der Waals surface area contributed by atoms with E-state index < -0.39 is 6.10 Å². The molecule has 0 N–H and O–H groups in total. The quantitative estimate of drug-likeness (QED) is 0.0348. The molecule has 342 valence electrons. The van der Waals surface area contributed by atoms with E-state index in [1.54, 1.807) is 0 Å². The molecule has 5 nitrogen and oxygen atoms in total. The lowest BCUT2D eigenvalue weighted by atomic mass is 10.1. The van der Waals surface area contributed by atoms with Crippen molar-refractivity contribution in [2.24, 2.45) is 0 Å². The molecule has 0 aromatic heterocycles. The fourth-order valence-corrected chi connectivity index (χ4v) is 7.56. The number of hydrogen-bond acceptors (Lipinski definition) is 5. The molecule has 0 aromatic carbocycles. The molecular formula is C53H100O5. The van der Waals surface area contributed by atoms with E-state index in [0.717, 1.165) is 44.9 Å². The van der Waals surface area contributed by atoms with Crippen LogP contribution in [0.2, 0.25) is 0 Å². The topological polar surface area (TPSA) is 61.8 Å². The number of carbonyl (C=O) groups excluding carboxylic acids is 2. The van der Waals surface area contributed by atoms with Crippen LogP contribution in [0.25, 0.3) is 0 Å². The maximum atomic E-state index is 12.7. The molecule has 0 fully saturated rings. The van der Waals surface area contributed by atoms with Crippen molar-refractivity contribution in [2.75, 3.05) is 19.8 Å². The van der Waals surface area contributed by atoms with Gasteiger partial charge >= 0.3 is 11.9 Å². The third-order valence-corrected chi connectivity index (χ3v) is 11.5. The lowest BCUT2D eigenvalue weighted by Gasteiger charge is -2.18. The highest BCUT2D eigenvalue weighted by molar-refractivity contribution is 5.70. The van der Waals surface area contributed by atoms with Crippen LogP contribution < -0.4 is 0 Å². The van der Waals surface area contributed by atoms with Crippen LogP contribution in [0.5, 0.6) is 0 Å².